The lowest BCUT2D eigenvalue weighted by molar-refractivity contribution is -0.131. The van der Waals surface area contributed by atoms with Gasteiger partial charge in [0.15, 0.2) is 6.10 Å². The number of rotatable bonds is 8. The maximum Gasteiger partial charge on any atom is 0.279 e. The second-order valence-corrected chi connectivity index (χ2v) is 6.53. The van der Waals surface area contributed by atoms with E-state index in [1.807, 2.05) is 37.3 Å². The first-order chi connectivity index (χ1) is 15.0. The fraction of sp³-hybridized carbons (Fsp3) is 0.174. The number of para-hydroxylation sites is 1. The Balaban J connectivity index is 1.45. The number of carbonyl (C=O) groups is 2. The molecule has 0 radical (unpaired) electrons. The average Bonchev–Trinajstić information content (AvgIpc) is 3.27. The molecule has 1 atom stereocenters. The monoisotopic (exact) mass is 420 g/mol. The number of aromatic nitrogens is 2. The summed E-state index contributed by atoms with van der Waals surface area (Å²) in [7, 11) is 0. The molecule has 3 aromatic rings. The van der Waals surface area contributed by atoms with Gasteiger partial charge in [-0.1, -0.05) is 18.2 Å². The summed E-state index contributed by atoms with van der Waals surface area (Å²) in [4.78, 5) is 24.1. The number of nitrogens with one attached hydrogen (secondary N) is 2. The van der Waals surface area contributed by atoms with Crippen LogP contribution < -0.4 is 20.3 Å². The molecule has 0 aliphatic heterocycles. The van der Waals surface area contributed by atoms with Gasteiger partial charge >= 0.3 is 0 Å². The van der Waals surface area contributed by atoms with Crippen molar-refractivity contribution in [1.82, 2.24) is 20.6 Å². The zero-order chi connectivity index (χ0) is 22.1. The predicted molar refractivity (Wildman–Crippen MR) is 117 cm³/mol. The second kappa shape index (κ2) is 10.6. The molecule has 160 valence electrons. The number of carbonyl (C=O) groups excluding carboxylic acids is 2. The lowest BCUT2D eigenvalue weighted by atomic mass is 10.3. The summed E-state index contributed by atoms with van der Waals surface area (Å²) in [5.74, 6) is 0.287. The number of amides is 2. The molecular formula is C23H24N4O4. The quantitative estimate of drug-likeness (QED) is 0.432. The van der Waals surface area contributed by atoms with Crippen molar-refractivity contribution in [2.24, 2.45) is 0 Å². The second-order valence-electron chi connectivity index (χ2n) is 6.53. The minimum absolute atomic E-state index is 0.478. The predicted octanol–water partition coefficient (Wildman–Crippen LogP) is 2.90. The Morgan fingerprint density at radius 1 is 1.06 bits per heavy atom. The van der Waals surface area contributed by atoms with Crippen molar-refractivity contribution in [2.45, 2.75) is 20.0 Å². The highest BCUT2D eigenvalue weighted by molar-refractivity contribution is 5.93. The zero-order valence-electron chi connectivity index (χ0n) is 17.3. The first-order valence-corrected chi connectivity index (χ1v) is 9.82. The van der Waals surface area contributed by atoms with Crippen molar-refractivity contribution < 1.29 is 19.1 Å². The molecule has 8 heteroatoms. The fourth-order valence-electron chi connectivity index (χ4n) is 2.62. The lowest BCUT2D eigenvalue weighted by Gasteiger charge is -2.15. The van der Waals surface area contributed by atoms with Crippen LogP contribution in [0.25, 0.3) is 11.8 Å². The van der Waals surface area contributed by atoms with E-state index in [9.17, 15) is 9.59 Å². The van der Waals surface area contributed by atoms with Gasteiger partial charge in [0, 0.05) is 17.8 Å². The molecule has 3 rings (SSSR count). The van der Waals surface area contributed by atoms with E-state index in [1.165, 1.54) is 6.08 Å². The largest absolute Gasteiger partial charge is 0.494 e. The van der Waals surface area contributed by atoms with E-state index in [0.717, 1.165) is 17.0 Å². The number of hydrogen-bond donors (Lipinski definition) is 2. The van der Waals surface area contributed by atoms with Crippen LogP contribution in [0.4, 0.5) is 0 Å². The molecule has 31 heavy (non-hydrogen) atoms. The lowest BCUT2D eigenvalue weighted by Crippen LogP contribution is -2.46. The van der Waals surface area contributed by atoms with E-state index < -0.39 is 17.9 Å². The number of nitrogens with zero attached hydrogens (tertiary/aromatic N) is 2. The van der Waals surface area contributed by atoms with Crippen LogP contribution in [0.15, 0.2) is 73.1 Å². The molecule has 0 aliphatic rings. The van der Waals surface area contributed by atoms with Gasteiger partial charge in [0.25, 0.3) is 11.8 Å². The minimum Gasteiger partial charge on any atom is -0.494 e. The van der Waals surface area contributed by atoms with E-state index in [4.69, 9.17) is 9.47 Å². The maximum absolute atomic E-state index is 12.1. The number of ether oxygens (including phenoxy) is 2. The molecule has 2 N–H and O–H groups in total. The van der Waals surface area contributed by atoms with Crippen molar-refractivity contribution in [1.29, 1.82) is 0 Å². The van der Waals surface area contributed by atoms with Gasteiger partial charge in [-0.3, -0.25) is 20.4 Å². The Morgan fingerprint density at radius 2 is 1.77 bits per heavy atom. The van der Waals surface area contributed by atoms with Crippen molar-refractivity contribution in [3.8, 4) is 17.2 Å². The van der Waals surface area contributed by atoms with Crippen molar-refractivity contribution in [2.75, 3.05) is 6.61 Å². The molecular weight excluding hydrogens is 396 g/mol. The van der Waals surface area contributed by atoms with E-state index in [0.29, 0.717) is 12.4 Å². The topological polar surface area (TPSA) is 94.5 Å². The van der Waals surface area contributed by atoms with Crippen molar-refractivity contribution >= 4 is 17.9 Å². The van der Waals surface area contributed by atoms with Crippen LogP contribution in [0.2, 0.25) is 0 Å². The summed E-state index contributed by atoms with van der Waals surface area (Å²) in [5.41, 5.74) is 6.34. The molecule has 0 saturated heterocycles. The Bertz CT molecular complexity index is 1030. The maximum atomic E-state index is 12.1. The summed E-state index contributed by atoms with van der Waals surface area (Å²) >= 11 is 0. The van der Waals surface area contributed by atoms with Gasteiger partial charge in [-0.25, -0.2) is 4.68 Å². The fourth-order valence-corrected chi connectivity index (χ4v) is 2.62. The first kappa shape index (κ1) is 21.6. The average molecular weight is 420 g/mol. The highest BCUT2D eigenvalue weighted by Crippen LogP contribution is 2.18. The third-order valence-corrected chi connectivity index (χ3v) is 4.18. The molecule has 8 nitrogen and oxygen atoms in total. The van der Waals surface area contributed by atoms with E-state index >= 15 is 0 Å². The van der Waals surface area contributed by atoms with Gasteiger partial charge < -0.3 is 9.47 Å². The Hall–Kier alpha value is -4.07. The molecule has 0 spiro atoms. The number of hydrazine groups is 1. The van der Waals surface area contributed by atoms with Crippen molar-refractivity contribution in [3.05, 3.63) is 78.6 Å². The van der Waals surface area contributed by atoms with Gasteiger partial charge in [-0.05, 0) is 56.3 Å². The molecule has 0 unspecified atom stereocenters. The van der Waals surface area contributed by atoms with Crippen LogP contribution in [0.5, 0.6) is 11.5 Å². The van der Waals surface area contributed by atoms with Crippen LogP contribution in [-0.4, -0.2) is 34.3 Å². The van der Waals surface area contributed by atoms with Crippen LogP contribution in [0.1, 0.15) is 19.4 Å². The molecule has 0 bridgehead atoms. The summed E-state index contributed by atoms with van der Waals surface area (Å²) in [6.07, 6.45) is 5.55. The summed E-state index contributed by atoms with van der Waals surface area (Å²) in [6.45, 7) is 4.06. The van der Waals surface area contributed by atoms with Gasteiger partial charge in [0.1, 0.15) is 11.5 Å². The van der Waals surface area contributed by atoms with E-state index in [-0.39, 0.29) is 0 Å². The van der Waals surface area contributed by atoms with Crippen LogP contribution >= 0.6 is 0 Å². The standard InChI is InChI=1S/C23H24N4O4/c1-3-30-20-10-12-21(13-11-20)31-17(2)23(29)26-25-22(28)14-9-18-15-24-27(16-18)19-7-5-4-6-8-19/h4-17H,3H2,1-2H3,(H,25,28)(H,26,29)/b14-9+/t17-/m0/s1. The molecule has 0 saturated carbocycles. The molecule has 0 fully saturated rings. The Kier molecular flexibility index (Phi) is 7.42. The molecule has 2 amide bonds. The van der Waals surface area contributed by atoms with Crippen LogP contribution in [0.3, 0.4) is 0 Å². The van der Waals surface area contributed by atoms with Gasteiger partial charge in [0.05, 0.1) is 18.5 Å². The smallest absolute Gasteiger partial charge is 0.279 e. The summed E-state index contributed by atoms with van der Waals surface area (Å²) in [6, 6.07) is 16.6. The van der Waals surface area contributed by atoms with Gasteiger partial charge in [-0.15, -0.1) is 0 Å². The molecule has 1 aromatic heterocycles. The van der Waals surface area contributed by atoms with E-state index in [1.54, 1.807) is 54.3 Å². The van der Waals surface area contributed by atoms with Gasteiger partial charge in [0.2, 0.25) is 0 Å². The normalized spacial score (nSPS) is 11.7. The Morgan fingerprint density at radius 3 is 2.48 bits per heavy atom. The van der Waals surface area contributed by atoms with Crippen LogP contribution in [0, 0.1) is 0 Å². The highest BCUT2D eigenvalue weighted by atomic mass is 16.5. The van der Waals surface area contributed by atoms with Crippen LogP contribution in [-0.2, 0) is 9.59 Å². The SMILES string of the molecule is CCOc1ccc(O[C@@H](C)C(=O)NNC(=O)/C=C/c2cnn(-c3ccccc3)c2)cc1. The van der Waals surface area contributed by atoms with E-state index in [2.05, 4.69) is 16.0 Å². The van der Waals surface area contributed by atoms with Gasteiger partial charge in [-0.2, -0.15) is 5.10 Å². The molecule has 1 heterocycles. The molecule has 0 aliphatic carbocycles. The zero-order valence-corrected chi connectivity index (χ0v) is 17.3. The third-order valence-electron chi connectivity index (χ3n) is 4.18. The summed E-state index contributed by atoms with van der Waals surface area (Å²) < 4.78 is 12.6. The van der Waals surface area contributed by atoms with Crippen molar-refractivity contribution in [3.63, 3.8) is 0 Å². The minimum atomic E-state index is -0.800. The highest BCUT2D eigenvalue weighted by Gasteiger charge is 2.15. The Labute approximate surface area is 180 Å². The first-order valence-electron chi connectivity index (χ1n) is 9.82. The number of hydrogen-bond acceptors (Lipinski definition) is 5. The summed E-state index contributed by atoms with van der Waals surface area (Å²) in [5, 5.41) is 4.26. The number of benzene rings is 2. The molecule has 2 aromatic carbocycles. The third kappa shape index (κ3) is 6.46.